The Labute approximate surface area is 197 Å². The van der Waals surface area contributed by atoms with Gasteiger partial charge < -0.3 is 19.8 Å². The fourth-order valence-corrected chi connectivity index (χ4v) is 4.66. The number of nitrogens with zero attached hydrogens (tertiary/aromatic N) is 1. The highest BCUT2D eigenvalue weighted by atomic mass is 79.9. The van der Waals surface area contributed by atoms with Crippen LogP contribution in [-0.4, -0.2) is 33.4 Å². The van der Waals surface area contributed by atoms with Crippen LogP contribution in [0.15, 0.2) is 70.0 Å². The van der Waals surface area contributed by atoms with Gasteiger partial charge in [-0.1, -0.05) is 40.2 Å². The van der Waals surface area contributed by atoms with Gasteiger partial charge in [-0.05, 0) is 48.2 Å². The molecular formula is C24H20BrNO5S. The number of hydrogen-bond donors (Lipinski definition) is 2. The van der Waals surface area contributed by atoms with E-state index in [4.69, 9.17) is 4.74 Å². The predicted molar refractivity (Wildman–Crippen MR) is 126 cm³/mol. The normalized spacial score (nSPS) is 17.7. The maximum atomic E-state index is 13.1. The van der Waals surface area contributed by atoms with Crippen LogP contribution < -0.4 is 4.74 Å². The van der Waals surface area contributed by atoms with Crippen molar-refractivity contribution >= 4 is 44.7 Å². The highest BCUT2D eigenvalue weighted by Crippen LogP contribution is 2.42. The molecule has 2 heterocycles. The first-order chi connectivity index (χ1) is 15.4. The zero-order valence-corrected chi connectivity index (χ0v) is 19.5. The largest absolute Gasteiger partial charge is 0.507 e. The predicted octanol–water partition coefficient (Wildman–Crippen LogP) is 5.24. The molecule has 1 atom stereocenters. The first kappa shape index (κ1) is 22.1. The summed E-state index contributed by atoms with van der Waals surface area (Å²) in [7, 11) is 0. The number of thiophene rings is 1. The van der Waals surface area contributed by atoms with E-state index in [2.05, 4.69) is 15.9 Å². The molecule has 0 bridgehead atoms. The third kappa shape index (κ3) is 4.16. The van der Waals surface area contributed by atoms with E-state index < -0.39 is 17.7 Å². The number of phenols is 1. The molecule has 0 spiro atoms. The number of likely N-dealkylation sites (tertiary alicyclic amines) is 1. The van der Waals surface area contributed by atoms with E-state index in [1.165, 1.54) is 22.3 Å². The molecule has 0 radical (unpaired) electrons. The fraction of sp³-hybridized carbons (Fsp3) is 0.167. The van der Waals surface area contributed by atoms with E-state index in [-0.39, 0.29) is 29.4 Å². The number of hydrogen-bond acceptors (Lipinski definition) is 6. The molecule has 1 unspecified atom stereocenters. The monoisotopic (exact) mass is 513 g/mol. The number of aliphatic hydroxyl groups excluding tert-OH is 1. The molecule has 3 aromatic rings. The summed E-state index contributed by atoms with van der Waals surface area (Å²) in [4.78, 5) is 28.5. The van der Waals surface area contributed by atoms with Gasteiger partial charge in [0.1, 0.15) is 5.76 Å². The summed E-state index contributed by atoms with van der Waals surface area (Å²) in [6, 6.07) is 14.5. The van der Waals surface area contributed by atoms with Crippen LogP contribution in [0, 0.1) is 0 Å². The molecule has 2 N–H and O–H groups in total. The summed E-state index contributed by atoms with van der Waals surface area (Å²) in [5.74, 6) is -1.49. The van der Waals surface area contributed by atoms with Crippen LogP contribution in [0.4, 0.5) is 0 Å². The summed E-state index contributed by atoms with van der Waals surface area (Å²) in [6.45, 7) is 2.35. The van der Waals surface area contributed by atoms with Crippen LogP contribution in [0.5, 0.6) is 11.5 Å². The third-order valence-electron chi connectivity index (χ3n) is 5.16. The molecular weight excluding hydrogens is 494 g/mol. The smallest absolute Gasteiger partial charge is 0.295 e. The lowest BCUT2D eigenvalue weighted by atomic mass is 9.95. The number of benzene rings is 2. The summed E-state index contributed by atoms with van der Waals surface area (Å²) in [6.07, 6.45) is 0. The Morgan fingerprint density at radius 1 is 1.16 bits per heavy atom. The van der Waals surface area contributed by atoms with Crippen molar-refractivity contribution < 1.29 is 24.5 Å². The van der Waals surface area contributed by atoms with Gasteiger partial charge in [0.15, 0.2) is 11.5 Å². The number of carbonyl (C=O) groups excluding carboxylic acids is 2. The lowest BCUT2D eigenvalue weighted by Gasteiger charge is -2.25. The second-order valence-electron chi connectivity index (χ2n) is 7.17. The third-order valence-corrected chi connectivity index (χ3v) is 6.55. The van der Waals surface area contributed by atoms with E-state index in [0.29, 0.717) is 17.7 Å². The molecule has 2 aromatic carbocycles. The molecule has 32 heavy (non-hydrogen) atoms. The molecule has 1 amide bonds. The number of aliphatic hydroxyl groups is 1. The maximum Gasteiger partial charge on any atom is 0.295 e. The Morgan fingerprint density at radius 2 is 1.91 bits per heavy atom. The number of carbonyl (C=O) groups is 2. The van der Waals surface area contributed by atoms with Gasteiger partial charge in [-0.3, -0.25) is 9.59 Å². The summed E-state index contributed by atoms with van der Waals surface area (Å²) < 4.78 is 6.33. The van der Waals surface area contributed by atoms with E-state index >= 15 is 0 Å². The molecule has 4 rings (SSSR count). The van der Waals surface area contributed by atoms with Gasteiger partial charge in [-0.15, -0.1) is 11.3 Å². The molecule has 1 aliphatic rings. The fourth-order valence-electron chi connectivity index (χ4n) is 3.70. The number of ketones is 1. The van der Waals surface area contributed by atoms with E-state index in [1.807, 2.05) is 17.5 Å². The molecule has 0 saturated carbocycles. The second kappa shape index (κ2) is 9.18. The van der Waals surface area contributed by atoms with Crippen molar-refractivity contribution in [2.24, 2.45) is 0 Å². The van der Waals surface area contributed by atoms with Crippen molar-refractivity contribution in [3.63, 3.8) is 0 Å². The Bertz CT molecular complexity index is 1190. The van der Waals surface area contributed by atoms with Crippen molar-refractivity contribution in [3.8, 4) is 11.5 Å². The maximum absolute atomic E-state index is 13.1. The van der Waals surface area contributed by atoms with Gasteiger partial charge in [-0.25, -0.2) is 0 Å². The highest BCUT2D eigenvalue weighted by molar-refractivity contribution is 9.10. The van der Waals surface area contributed by atoms with Crippen molar-refractivity contribution in [1.82, 2.24) is 4.90 Å². The van der Waals surface area contributed by atoms with Gasteiger partial charge in [0.2, 0.25) is 0 Å². The lowest BCUT2D eigenvalue weighted by molar-refractivity contribution is -0.140. The zero-order chi connectivity index (χ0) is 22.8. The average molecular weight is 514 g/mol. The Balaban J connectivity index is 1.88. The first-order valence-corrected chi connectivity index (χ1v) is 11.6. The molecule has 0 aliphatic carbocycles. The van der Waals surface area contributed by atoms with E-state index in [9.17, 15) is 19.8 Å². The van der Waals surface area contributed by atoms with Gasteiger partial charge in [-0.2, -0.15) is 0 Å². The van der Waals surface area contributed by atoms with Crippen LogP contribution in [0.1, 0.15) is 29.0 Å². The quantitative estimate of drug-likeness (QED) is 0.267. The number of ether oxygens (including phenoxy) is 1. The summed E-state index contributed by atoms with van der Waals surface area (Å²) >= 11 is 4.83. The standard InChI is InChI=1S/C24H20BrNO5S/c1-2-31-19-12-15(7-10-18(19)27)21-20(22(28)14-5-8-16(25)9-6-14)23(29)24(30)26(21)13-17-4-3-11-32-17/h3-12,21,27-28H,2,13H2,1H3/b22-20-. The van der Waals surface area contributed by atoms with Crippen LogP contribution >= 0.6 is 27.3 Å². The Morgan fingerprint density at radius 3 is 2.56 bits per heavy atom. The minimum atomic E-state index is -0.833. The zero-order valence-electron chi connectivity index (χ0n) is 17.1. The molecule has 1 aromatic heterocycles. The van der Waals surface area contributed by atoms with Crippen molar-refractivity contribution in [2.75, 3.05) is 6.61 Å². The van der Waals surface area contributed by atoms with Gasteiger partial charge in [0, 0.05) is 14.9 Å². The Hall–Kier alpha value is -3.10. The Kier molecular flexibility index (Phi) is 6.34. The minimum Gasteiger partial charge on any atom is -0.507 e. The second-order valence-corrected chi connectivity index (χ2v) is 9.12. The highest BCUT2D eigenvalue weighted by Gasteiger charge is 2.46. The van der Waals surface area contributed by atoms with Crippen molar-refractivity contribution in [1.29, 1.82) is 0 Å². The van der Waals surface area contributed by atoms with Crippen LogP contribution in [0.2, 0.25) is 0 Å². The van der Waals surface area contributed by atoms with E-state index in [0.717, 1.165) is 9.35 Å². The number of aromatic hydroxyl groups is 1. The average Bonchev–Trinajstić information content (AvgIpc) is 3.38. The number of halogens is 1. The number of phenolic OH excluding ortho intramolecular Hbond substituents is 1. The molecule has 1 aliphatic heterocycles. The molecule has 164 valence electrons. The van der Waals surface area contributed by atoms with Gasteiger partial charge in [0.05, 0.1) is 24.8 Å². The van der Waals surface area contributed by atoms with Crippen LogP contribution in [0.3, 0.4) is 0 Å². The molecule has 6 nitrogen and oxygen atoms in total. The number of rotatable bonds is 6. The van der Waals surface area contributed by atoms with Crippen molar-refractivity contribution in [2.45, 2.75) is 19.5 Å². The van der Waals surface area contributed by atoms with Crippen LogP contribution in [-0.2, 0) is 16.1 Å². The van der Waals surface area contributed by atoms with Gasteiger partial charge in [0.25, 0.3) is 11.7 Å². The van der Waals surface area contributed by atoms with Crippen LogP contribution in [0.25, 0.3) is 5.76 Å². The first-order valence-electron chi connectivity index (χ1n) is 9.93. The topological polar surface area (TPSA) is 87.1 Å². The molecule has 1 fully saturated rings. The lowest BCUT2D eigenvalue weighted by Crippen LogP contribution is -2.28. The molecule has 8 heteroatoms. The minimum absolute atomic E-state index is 0.00187. The number of Topliss-reactive ketones (excluding diaryl/α,β-unsaturated/α-hetero) is 1. The SMILES string of the molecule is CCOc1cc(C2/C(=C(/O)c3ccc(Br)cc3)C(=O)C(=O)N2Cc2cccs2)ccc1O. The van der Waals surface area contributed by atoms with E-state index in [1.54, 1.807) is 43.3 Å². The summed E-state index contributed by atoms with van der Waals surface area (Å²) in [5, 5.41) is 23.1. The number of amides is 1. The molecule has 1 saturated heterocycles. The van der Waals surface area contributed by atoms with Gasteiger partial charge >= 0.3 is 0 Å². The summed E-state index contributed by atoms with van der Waals surface area (Å²) in [5.41, 5.74) is 0.985. The van der Waals surface area contributed by atoms with Crippen molar-refractivity contribution in [3.05, 3.63) is 86.0 Å².